The molecule has 0 aliphatic rings. The van der Waals surface area contributed by atoms with Gasteiger partial charge in [-0.1, -0.05) is 11.6 Å². The van der Waals surface area contributed by atoms with Gasteiger partial charge >= 0.3 is 5.97 Å². The van der Waals surface area contributed by atoms with Gasteiger partial charge in [-0.15, -0.1) is 0 Å². The summed E-state index contributed by atoms with van der Waals surface area (Å²) < 4.78 is 17.3. The molecule has 0 aliphatic carbocycles. The lowest BCUT2D eigenvalue weighted by Gasteiger charge is -2.04. The molecule has 0 saturated heterocycles. The third kappa shape index (κ3) is 1.98. The third-order valence-electron chi connectivity index (χ3n) is 1.67. The number of hydrogen-bond donors (Lipinski definition) is 0. The van der Waals surface area contributed by atoms with E-state index in [9.17, 15) is 9.18 Å². The minimum absolute atomic E-state index is 0.0778. The highest BCUT2D eigenvalue weighted by atomic mass is 35.5. The second-order valence-electron chi connectivity index (χ2n) is 2.57. The van der Waals surface area contributed by atoms with Crippen molar-refractivity contribution in [3.8, 4) is 0 Å². The van der Waals surface area contributed by atoms with E-state index in [0.29, 0.717) is 5.56 Å². The number of methoxy groups -OCH3 is 1. The normalized spacial score (nSPS) is 9.85. The molecule has 70 valence electrons. The van der Waals surface area contributed by atoms with Gasteiger partial charge in [-0.2, -0.15) is 0 Å². The molecule has 0 amide bonds. The summed E-state index contributed by atoms with van der Waals surface area (Å²) in [6, 6.07) is 2.46. The Labute approximate surface area is 80.3 Å². The van der Waals surface area contributed by atoms with Crippen LogP contribution in [0.2, 0.25) is 5.02 Å². The minimum Gasteiger partial charge on any atom is -0.465 e. The zero-order valence-corrected chi connectivity index (χ0v) is 7.98. The van der Waals surface area contributed by atoms with Crippen LogP contribution in [0.4, 0.5) is 4.39 Å². The first-order valence-electron chi connectivity index (χ1n) is 3.60. The summed E-state index contributed by atoms with van der Waals surface area (Å²) in [5.41, 5.74) is 0.794. The molecule has 0 radical (unpaired) electrons. The van der Waals surface area contributed by atoms with Crippen LogP contribution in [0.3, 0.4) is 0 Å². The van der Waals surface area contributed by atoms with Gasteiger partial charge in [-0.25, -0.2) is 9.18 Å². The summed E-state index contributed by atoms with van der Waals surface area (Å²) in [5.74, 6) is -1.05. The van der Waals surface area contributed by atoms with Crippen molar-refractivity contribution in [3.05, 3.63) is 34.1 Å². The Morgan fingerprint density at radius 2 is 2.15 bits per heavy atom. The smallest absolute Gasteiger partial charge is 0.338 e. The molecule has 0 N–H and O–H groups in total. The van der Waals surface area contributed by atoms with Crippen molar-refractivity contribution in [3.63, 3.8) is 0 Å². The Morgan fingerprint density at radius 1 is 1.54 bits per heavy atom. The Kier molecular flexibility index (Phi) is 2.88. The molecule has 0 spiro atoms. The van der Waals surface area contributed by atoms with Crippen LogP contribution in [0.1, 0.15) is 15.9 Å². The highest BCUT2D eigenvalue weighted by Gasteiger charge is 2.12. The summed E-state index contributed by atoms with van der Waals surface area (Å²) in [4.78, 5) is 11.1. The third-order valence-corrected chi connectivity index (χ3v) is 1.96. The average Bonchev–Trinajstić information content (AvgIpc) is 2.10. The second-order valence-corrected chi connectivity index (χ2v) is 2.98. The molecule has 13 heavy (non-hydrogen) atoms. The van der Waals surface area contributed by atoms with Gasteiger partial charge in [0.25, 0.3) is 0 Å². The lowest BCUT2D eigenvalue weighted by Crippen LogP contribution is -2.04. The number of carbonyl (C=O) groups excluding carboxylic acids is 1. The van der Waals surface area contributed by atoms with Crippen LogP contribution in [-0.4, -0.2) is 13.1 Å². The van der Waals surface area contributed by atoms with Crippen molar-refractivity contribution in [2.24, 2.45) is 0 Å². The summed E-state index contributed by atoms with van der Waals surface area (Å²) in [7, 11) is 1.26. The zero-order valence-electron chi connectivity index (χ0n) is 7.23. The first-order valence-corrected chi connectivity index (χ1v) is 3.98. The van der Waals surface area contributed by atoms with E-state index < -0.39 is 11.8 Å². The summed E-state index contributed by atoms with van der Waals surface area (Å²) in [5, 5.41) is -0.0778. The Morgan fingerprint density at radius 3 is 2.69 bits per heavy atom. The number of halogens is 2. The molecule has 2 nitrogen and oxygen atoms in total. The molecule has 1 aromatic carbocycles. The lowest BCUT2D eigenvalue weighted by atomic mass is 10.1. The fourth-order valence-electron chi connectivity index (χ4n) is 0.976. The second kappa shape index (κ2) is 3.75. The number of carbonyl (C=O) groups is 1. The van der Waals surface area contributed by atoms with Crippen LogP contribution in [0.5, 0.6) is 0 Å². The Bertz CT molecular complexity index is 350. The maximum Gasteiger partial charge on any atom is 0.338 e. The summed E-state index contributed by atoms with van der Waals surface area (Å²) in [6.45, 7) is 1.62. The number of aryl methyl sites for hydroxylation is 1. The van der Waals surface area contributed by atoms with Crippen molar-refractivity contribution in [2.45, 2.75) is 6.92 Å². The van der Waals surface area contributed by atoms with E-state index >= 15 is 0 Å². The molecule has 0 unspecified atom stereocenters. The predicted molar refractivity (Wildman–Crippen MR) is 47.5 cm³/mol. The summed E-state index contributed by atoms with van der Waals surface area (Å²) in [6.07, 6.45) is 0. The predicted octanol–water partition coefficient (Wildman–Crippen LogP) is 2.57. The Balaban J connectivity index is 3.23. The van der Waals surface area contributed by atoms with Crippen molar-refractivity contribution in [2.75, 3.05) is 7.11 Å². The number of rotatable bonds is 1. The highest BCUT2D eigenvalue weighted by molar-refractivity contribution is 6.31. The van der Waals surface area contributed by atoms with Crippen molar-refractivity contribution in [1.82, 2.24) is 0 Å². The molecule has 0 fully saturated rings. The molecule has 0 aliphatic heterocycles. The van der Waals surface area contributed by atoms with Crippen LogP contribution in [0.25, 0.3) is 0 Å². The number of esters is 1. The fraction of sp³-hybridized carbons (Fsp3) is 0.222. The average molecular weight is 203 g/mol. The fourth-order valence-corrected chi connectivity index (χ4v) is 1.14. The van der Waals surface area contributed by atoms with Gasteiger partial charge in [0.1, 0.15) is 5.82 Å². The quantitative estimate of drug-likeness (QED) is 0.655. The Hall–Kier alpha value is -1.09. The van der Waals surface area contributed by atoms with Crippen molar-refractivity contribution in [1.29, 1.82) is 0 Å². The van der Waals surface area contributed by atoms with E-state index in [1.807, 2.05) is 0 Å². The van der Waals surface area contributed by atoms with Gasteiger partial charge in [-0.3, -0.25) is 0 Å². The van der Waals surface area contributed by atoms with Gasteiger partial charge in [0.2, 0.25) is 0 Å². The number of benzene rings is 1. The van der Waals surface area contributed by atoms with E-state index in [1.165, 1.54) is 19.2 Å². The van der Waals surface area contributed by atoms with E-state index in [0.717, 1.165) is 0 Å². The van der Waals surface area contributed by atoms with Crippen LogP contribution < -0.4 is 0 Å². The first-order chi connectivity index (χ1) is 6.06. The van der Waals surface area contributed by atoms with Crippen LogP contribution in [0, 0.1) is 12.7 Å². The van der Waals surface area contributed by atoms with Gasteiger partial charge < -0.3 is 4.74 Å². The number of hydrogen-bond acceptors (Lipinski definition) is 2. The maximum absolute atomic E-state index is 12.8. The molecule has 1 rings (SSSR count). The van der Waals surface area contributed by atoms with E-state index in [2.05, 4.69) is 4.74 Å². The molecular weight excluding hydrogens is 195 g/mol. The topological polar surface area (TPSA) is 26.3 Å². The van der Waals surface area contributed by atoms with Gasteiger partial charge in [-0.05, 0) is 24.6 Å². The largest absolute Gasteiger partial charge is 0.465 e. The van der Waals surface area contributed by atoms with Crippen LogP contribution in [-0.2, 0) is 4.74 Å². The van der Waals surface area contributed by atoms with E-state index in [-0.39, 0.29) is 10.6 Å². The van der Waals surface area contributed by atoms with E-state index in [1.54, 1.807) is 6.92 Å². The molecule has 0 atom stereocenters. The van der Waals surface area contributed by atoms with Crippen LogP contribution >= 0.6 is 11.6 Å². The number of ether oxygens (including phenoxy) is 1. The molecule has 0 bridgehead atoms. The SMILES string of the molecule is COC(=O)c1cc(Cl)c(F)cc1C. The lowest BCUT2D eigenvalue weighted by molar-refractivity contribution is 0.0600. The molecule has 1 aromatic rings. The highest BCUT2D eigenvalue weighted by Crippen LogP contribution is 2.20. The minimum atomic E-state index is -0.535. The molecular formula is C9H8ClFO2. The zero-order chi connectivity index (χ0) is 10.0. The van der Waals surface area contributed by atoms with Crippen molar-refractivity contribution >= 4 is 17.6 Å². The molecule has 4 heteroatoms. The van der Waals surface area contributed by atoms with Crippen LogP contribution in [0.15, 0.2) is 12.1 Å². The summed E-state index contributed by atoms with van der Waals surface area (Å²) >= 11 is 5.50. The van der Waals surface area contributed by atoms with Crippen molar-refractivity contribution < 1.29 is 13.9 Å². The standard InChI is InChI=1S/C9H8ClFO2/c1-5-3-8(11)7(10)4-6(5)9(12)13-2/h3-4H,1-2H3. The van der Waals surface area contributed by atoms with Gasteiger partial charge in [0.05, 0.1) is 17.7 Å². The molecule has 0 saturated carbocycles. The van der Waals surface area contributed by atoms with E-state index in [4.69, 9.17) is 11.6 Å². The monoisotopic (exact) mass is 202 g/mol. The molecule has 0 heterocycles. The molecule has 0 aromatic heterocycles. The first kappa shape index (κ1) is 9.99. The van der Waals surface area contributed by atoms with Gasteiger partial charge in [0, 0.05) is 0 Å². The maximum atomic E-state index is 12.8. The van der Waals surface area contributed by atoms with Gasteiger partial charge in [0.15, 0.2) is 0 Å².